The van der Waals surface area contributed by atoms with Gasteiger partial charge in [0.05, 0.1) is 24.2 Å². The topological polar surface area (TPSA) is 75.0 Å². The number of carbonyl (C=O) groups is 1. The fraction of sp³-hybridized carbons (Fsp3) is 0.231. The molecule has 0 amide bonds. The van der Waals surface area contributed by atoms with Crippen molar-refractivity contribution in [1.82, 2.24) is 0 Å². The van der Waals surface area contributed by atoms with Crippen LogP contribution >= 0.6 is 11.3 Å². The van der Waals surface area contributed by atoms with Crippen LogP contribution in [0, 0.1) is 6.92 Å². The first-order valence-corrected chi connectivity index (χ1v) is 11.7. The molecule has 1 aliphatic rings. The van der Waals surface area contributed by atoms with E-state index in [1.807, 2.05) is 30.5 Å². The van der Waals surface area contributed by atoms with Crippen LogP contribution in [-0.2, 0) is 6.42 Å². The molecule has 168 valence electrons. The lowest BCUT2D eigenvalue weighted by Gasteiger charge is -2.13. The maximum atomic E-state index is 13.5. The van der Waals surface area contributed by atoms with Crippen LogP contribution in [0.25, 0.3) is 22.1 Å². The Morgan fingerprint density at radius 1 is 1.09 bits per heavy atom. The lowest BCUT2D eigenvalue weighted by molar-refractivity contribution is 0.0738. The third kappa shape index (κ3) is 4.00. The molecule has 1 aliphatic heterocycles. The number of fused-ring (bicyclic) bond motifs is 2. The molecule has 5 rings (SSSR count). The summed E-state index contributed by atoms with van der Waals surface area (Å²) in [5.41, 5.74) is 2.17. The third-order valence-electron chi connectivity index (χ3n) is 5.59. The standard InChI is InChI=1S/C26H22O6S/c1-3-16-12-18-21(14-20(16)32-26(28)23-6-4-11-33-23)31-15(2)24(25(18)27)17-7-8-19-22(13-17)30-10-5-9-29-19/h4,6-8,11-14H,3,5,9-10H2,1-2H3. The summed E-state index contributed by atoms with van der Waals surface area (Å²) >= 11 is 1.32. The number of hydrogen-bond acceptors (Lipinski definition) is 7. The molecule has 0 saturated heterocycles. The highest BCUT2D eigenvalue weighted by Gasteiger charge is 2.20. The van der Waals surface area contributed by atoms with Crippen LogP contribution in [0.5, 0.6) is 17.2 Å². The zero-order valence-corrected chi connectivity index (χ0v) is 19.1. The van der Waals surface area contributed by atoms with Gasteiger partial charge in [0.2, 0.25) is 5.43 Å². The Hall–Kier alpha value is -3.58. The van der Waals surface area contributed by atoms with Crippen LogP contribution in [-0.4, -0.2) is 19.2 Å². The number of rotatable bonds is 4. The van der Waals surface area contributed by atoms with Gasteiger partial charge in [-0.05, 0) is 54.1 Å². The van der Waals surface area contributed by atoms with Crippen molar-refractivity contribution in [3.8, 4) is 28.4 Å². The molecule has 0 fully saturated rings. The molecular weight excluding hydrogens is 440 g/mol. The fourth-order valence-electron chi connectivity index (χ4n) is 3.95. The fourth-order valence-corrected chi connectivity index (χ4v) is 4.55. The second-order valence-electron chi connectivity index (χ2n) is 7.75. The Bertz CT molecular complexity index is 1400. The summed E-state index contributed by atoms with van der Waals surface area (Å²) in [6, 6.07) is 12.4. The van der Waals surface area contributed by atoms with Gasteiger partial charge >= 0.3 is 5.97 Å². The number of ether oxygens (including phenoxy) is 3. The van der Waals surface area contributed by atoms with E-state index in [0.29, 0.717) is 69.6 Å². The van der Waals surface area contributed by atoms with Crippen LogP contribution in [0.2, 0.25) is 0 Å². The monoisotopic (exact) mass is 462 g/mol. The molecule has 0 radical (unpaired) electrons. The van der Waals surface area contributed by atoms with Crippen LogP contribution in [0.3, 0.4) is 0 Å². The normalized spacial score (nSPS) is 13.0. The van der Waals surface area contributed by atoms with Gasteiger partial charge < -0.3 is 18.6 Å². The molecule has 0 aliphatic carbocycles. The molecule has 3 heterocycles. The van der Waals surface area contributed by atoms with Crippen molar-refractivity contribution < 1.29 is 23.4 Å². The van der Waals surface area contributed by atoms with Crippen molar-refractivity contribution in [3.05, 3.63) is 74.3 Å². The van der Waals surface area contributed by atoms with Crippen LogP contribution in [0.1, 0.15) is 34.3 Å². The van der Waals surface area contributed by atoms with E-state index in [0.717, 1.165) is 12.0 Å². The average Bonchev–Trinajstić information content (AvgIpc) is 3.25. The van der Waals surface area contributed by atoms with Gasteiger partial charge in [-0.25, -0.2) is 4.79 Å². The summed E-state index contributed by atoms with van der Waals surface area (Å²) in [6.45, 7) is 4.87. The van der Waals surface area contributed by atoms with Crippen molar-refractivity contribution in [2.45, 2.75) is 26.7 Å². The van der Waals surface area contributed by atoms with E-state index in [-0.39, 0.29) is 5.43 Å². The Kier molecular flexibility index (Phi) is 5.64. The Morgan fingerprint density at radius 3 is 2.67 bits per heavy atom. The van der Waals surface area contributed by atoms with E-state index in [1.54, 1.807) is 31.2 Å². The Labute approximate surface area is 194 Å². The van der Waals surface area contributed by atoms with Gasteiger partial charge in [-0.3, -0.25) is 4.79 Å². The highest BCUT2D eigenvalue weighted by molar-refractivity contribution is 7.12. The zero-order valence-electron chi connectivity index (χ0n) is 18.3. The van der Waals surface area contributed by atoms with E-state index in [4.69, 9.17) is 18.6 Å². The van der Waals surface area contributed by atoms with Crippen molar-refractivity contribution in [3.63, 3.8) is 0 Å². The van der Waals surface area contributed by atoms with Gasteiger partial charge in [-0.2, -0.15) is 0 Å². The number of esters is 1. The number of hydrogen-bond donors (Lipinski definition) is 0. The summed E-state index contributed by atoms with van der Waals surface area (Å²) in [5.74, 6) is 1.73. The van der Waals surface area contributed by atoms with Gasteiger partial charge in [-0.1, -0.05) is 19.1 Å². The maximum absolute atomic E-state index is 13.5. The predicted molar refractivity (Wildman–Crippen MR) is 127 cm³/mol. The summed E-state index contributed by atoms with van der Waals surface area (Å²) in [7, 11) is 0. The smallest absolute Gasteiger partial charge is 0.353 e. The molecule has 6 nitrogen and oxygen atoms in total. The molecule has 2 aromatic heterocycles. The minimum absolute atomic E-state index is 0.144. The summed E-state index contributed by atoms with van der Waals surface area (Å²) in [6.07, 6.45) is 1.40. The Morgan fingerprint density at radius 2 is 1.91 bits per heavy atom. The minimum Gasteiger partial charge on any atom is -0.490 e. The molecule has 33 heavy (non-hydrogen) atoms. The number of thiophene rings is 1. The maximum Gasteiger partial charge on any atom is 0.353 e. The first-order chi connectivity index (χ1) is 16.0. The molecule has 0 saturated carbocycles. The SMILES string of the molecule is CCc1cc2c(=O)c(-c3ccc4c(c3)OCCCO4)c(C)oc2cc1OC(=O)c1cccs1. The average molecular weight is 463 g/mol. The molecule has 2 aromatic carbocycles. The van der Waals surface area contributed by atoms with E-state index in [9.17, 15) is 9.59 Å². The minimum atomic E-state index is -0.429. The van der Waals surface area contributed by atoms with E-state index in [2.05, 4.69) is 0 Å². The van der Waals surface area contributed by atoms with Crippen LogP contribution < -0.4 is 19.6 Å². The predicted octanol–water partition coefficient (Wildman–Crippen LogP) is 5.77. The molecule has 0 N–H and O–H groups in total. The second-order valence-corrected chi connectivity index (χ2v) is 8.70. The molecule has 0 spiro atoms. The van der Waals surface area contributed by atoms with Crippen LogP contribution in [0.4, 0.5) is 0 Å². The summed E-state index contributed by atoms with van der Waals surface area (Å²) in [5, 5.41) is 2.26. The number of benzene rings is 2. The molecule has 0 unspecified atom stereocenters. The number of carbonyl (C=O) groups excluding carboxylic acids is 1. The highest BCUT2D eigenvalue weighted by atomic mass is 32.1. The molecule has 4 aromatic rings. The highest BCUT2D eigenvalue weighted by Crippen LogP contribution is 2.36. The van der Waals surface area contributed by atoms with Crippen molar-refractivity contribution in [2.75, 3.05) is 13.2 Å². The van der Waals surface area contributed by atoms with E-state index in [1.165, 1.54) is 11.3 Å². The van der Waals surface area contributed by atoms with Gasteiger partial charge in [0, 0.05) is 12.5 Å². The van der Waals surface area contributed by atoms with Gasteiger partial charge in [0.15, 0.2) is 11.5 Å². The zero-order chi connectivity index (χ0) is 22.9. The van der Waals surface area contributed by atoms with Gasteiger partial charge in [0.1, 0.15) is 22.0 Å². The van der Waals surface area contributed by atoms with Crippen molar-refractivity contribution >= 4 is 28.3 Å². The van der Waals surface area contributed by atoms with Gasteiger partial charge in [-0.15, -0.1) is 11.3 Å². The molecule has 0 bridgehead atoms. The summed E-state index contributed by atoms with van der Waals surface area (Å²) < 4.78 is 23.2. The first-order valence-electron chi connectivity index (χ1n) is 10.8. The van der Waals surface area contributed by atoms with Crippen LogP contribution in [0.15, 0.2) is 57.1 Å². The molecular formula is C26H22O6S. The quantitative estimate of drug-likeness (QED) is 0.283. The van der Waals surface area contributed by atoms with Crippen molar-refractivity contribution in [1.29, 1.82) is 0 Å². The lowest BCUT2D eigenvalue weighted by Crippen LogP contribution is -2.11. The number of aryl methyl sites for hydroxylation is 2. The Balaban J connectivity index is 1.59. The first kappa shape index (κ1) is 21.3. The second kappa shape index (κ2) is 8.75. The van der Waals surface area contributed by atoms with E-state index >= 15 is 0 Å². The molecule has 0 atom stereocenters. The van der Waals surface area contributed by atoms with Crippen molar-refractivity contribution in [2.24, 2.45) is 0 Å². The van der Waals surface area contributed by atoms with E-state index < -0.39 is 5.97 Å². The lowest BCUT2D eigenvalue weighted by atomic mass is 10.0. The largest absolute Gasteiger partial charge is 0.490 e. The molecule has 7 heteroatoms. The third-order valence-corrected chi connectivity index (χ3v) is 6.44. The summed E-state index contributed by atoms with van der Waals surface area (Å²) in [4.78, 5) is 26.5. The van der Waals surface area contributed by atoms with Gasteiger partial charge in [0.25, 0.3) is 0 Å².